The van der Waals surface area contributed by atoms with E-state index in [1.54, 1.807) is 7.11 Å². The lowest BCUT2D eigenvalue weighted by Crippen LogP contribution is -2.41. The van der Waals surface area contributed by atoms with E-state index in [2.05, 4.69) is 74.4 Å². The highest BCUT2D eigenvalue weighted by Gasteiger charge is 2.63. The van der Waals surface area contributed by atoms with E-state index in [1.165, 1.54) is 5.56 Å². The van der Waals surface area contributed by atoms with Gasteiger partial charge >= 0.3 is 14.2 Å². The summed E-state index contributed by atoms with van der Waals surface area (Å²) in [6.45, 7) is 18.8. The average Bonchev–Trinajstić information content (AvgIpc) is 2.94. The topological polar surface area (TPSA) is 46.2 Å². The quantitative estimate of drug-likeness (QED) is 0.657. The van der Waals surface area contributed by atoms with Crippen LogP contribution in [-0.2, 0) is 18.6 Å². The minimum Gasteiger partial charge on any atom is -0.497 e. The molecule has 0 radical (unpaired) electrons. The number of rotatable bonds is 5. The molecule has 0 bridgehead atoms. The van der Waals surface area contributed by atoms with Crippen molar-refractivity contribution in [3.8, 4) is 5.75 Å². The zero-order valence-corrected chi connectivity index (χ0v) is 19.7. The largest absolute Gasteiger partial charge is 0.497 e. The van der Waals surface area contributed by atoms with E-state index in [0.717, 1.165) is 5.75 Å². The van der Waals surface area contributed by atoms with E-state index >= 15 is 0 Å². The Labute approximate surface area is 177 Å². The zero-order valence-electron chi connectivity index (χ0n) is 19.7. The molecular formula is C22H36B2O5. The highest BCUT2D eigenvalue weighted by atomic mass is 16.7. The molecule has 2 aliphatic rings. The van der Waals surface area contributed by atoms with E-state index in [4.69, 9.17) is 23.4 Å². The van der Waals surface area contributed by atoms with Gasteiger partial charge in [-0.1, -0.05) is 19.1 Å². The van der Waals surface area contributed by atoms with Crippen LogP contribution >= 0.6 is 0 Å². The van der Waals surface area contributed by atoms with Crippen LogP contribution in [-0.4, -0.2) is 43.8 Å². The molecule has 0 spiro atoms. The predicted octanol–water partition coefficient (Wildman–Crippen LogP) is 4.89. The molecule has 0 aromatic heterocycles. The lowest BCUT2D eigenvalue weighted by atomic mass is 9.46. The van der Waals surface area contributed by atoms with Crippen LogP contribution in [0.1, 0.15) is 73.8 Å². The van der Waals surface area contributed by atoms with Crippen molar-refractivity contribution < 1.29 is 23.4 Å². The molecule has 2 aliphatic heterocycles. The Morgan fingerprint density at radius 1 is 0.690 bits per heavy atom. The Hall–Kier alpha value is -1.01. The van der Waals surface area contributed by atoms with Gasteiger partial charge in [0.2, 0.25) is 0 Å². The molecule has 29 heavy (non-hydrogen) atoms. The lowest BCUT2D eigenvalue weighted by molar-refractivity contribution is 0.00578. The zero-order chi connectivity index (χ0) is 21.8. The van der Waals surface area contributed by atoms with E-state index < -0.39 is 36.6 Å². The number of hydrogen-bond acceptors (Lipinski definition) is 5. The summed E-state index contributed by atoms with van der Waals surface area (Å²) in [6.07, 6.45) is 0. The van der Waals surface area contributed by atoms with Crippen molar-refractivity contribution in [1.82, 2.24) is 0 Å². The van der Waals surface area contributed by atoms with Gasteiger partial charge in [-0.25, -0.2) is 0 Å². The number of ether oxygens (including phenoxy) is 1. The van der Waals surface area contributed by atoms with Crippen molar-refractivity contribution in [3.63, 3.8) is 0 Å². The first-order valence-corrected chi connectivity index (χ1v) is 10.6. The monoisotopic (exact) mass is 402 g/mol. The molecule has 0 aliphatic carbocycles. The minimum atomic E-state index is -0.438. The molecular weight excluding hydrogens is 366 g/mol. The molecule has 3 rings (SSSR count). The molecule has 1 aromatic rings. The minimum absolute atomic E-state index is 0.0882. The third kappa shape index (κ3) is 3.99. The number of benzene rings is 1. The van der Waals surface area contributed by atoms with Gasteiger partial charge in [0, 0.05) is 5.72 Å². The molecule has 5 nitrogen and oxygen atoms in total. The summed E-state index contributed by atoms with van der Waals surface area (Å²) in [5.41, 5.74) is -0.637. The first-order chi connectivity index (χ1) is 13.2. The lowest BCUT2D eigenvalue weighted by Gasteiger charge is -2.32. The van der Waals surface area contributed by atoms with Crippen LogP contribution in [0.15, 0.2) is 24.3 Å². The standard InChI is InChI=1S/C22H36B2O5/c1-15(16-11-13-17(25-10)14-12-16)18(23-26-19(2,3)20(4,5)27-23)24-28-21(6,7)22(8,9)29-24/h11-15,18H,1-10H3/t15-/m0/s1. The fourth-order valence-electron chi connectivity index (χ4n) is 3.82. The molecule has 1 atom stereocenters. The molecule has 0 amide bonds. The van der Waals surface area contributed by atoms with Crippen LogP contribution in [0.3, 0.4) is 0 Å². The van der Waals surface area contributed by atoms with Crippen molar-refractivity contribution in [1.29, 1.82) is 0 Å². The summed E-state index contributed by atoms with van der Waals surface area (Å²) in [5.74, 6) is 0.925. The molecule has 1 aromatic carbocycles. The average molecular weight is 402 g/mol. The predicted molar refractivity (Wildman–Crippen MR) is 117 cm³/mol. The second kappa shape index (κ2) is 7.30. The van der Waals surface area contributed by atoms with Gasteiger partial charge in [0.05, 0.1) is 29.5 Å². The Balaban J connectivity index is 1.96. The van der Waals surface area contributed by atoms with Gasteiger partial charge in [0.1, 0.15) is 5.75 Å². The van der Waals surface area contributed by atoms with Gasteiger partial charge in [-0.3, -0.25) is 0 Å². The summed E-state index contributed by atoms with van der Waals surface area (Å²) in [4.78, 5) is 0. The van der Waals surface area contributed by atoms with Gasteiger partial charge < -0.3 is 23.4 Å². The Morgan fingerprint density at radius 2 is 1.03 bits per heavy atom. The number of hydrogen-bond donors (Lipinski definition) is 0. The van der Waals surface area contributed by atoms with Crippen LogP contribution < -0.4 is 4.74 Å². The van der Waals surface area contributed by atoms with Crippen molar-refractivity contribution in [3.05, 3.63) is 29.8 Å². The van der Waals surface area contributed by atoms with Gasteiger partial charge in [0.25, 0.3) is 0 Å². The molecule has 0 unspecified atom stereocenters. The second-order valence-electron chi connectivity index (χ2n) is 10.4. The second-order valence-corrected chi connectivity index (χ2v) is 10.4. The highest BCUT2D eigenvalue weighted by molar-refractivity contribution is 6.68. The van der Waals surface area contributed by atoms with E-state index in [0.29, 0.717) is 0 Å². The van der Waals surface area contributed by atoms with Gasteiger partial charge in [0.15, 0.2) is 0 Å². The van der Waals surface area contributed by atoms with Gasteiger partial charge in [-0.2, -0.15) is 0 Å². The van der Waals surface area contributed by atoms with Crippen LogP contribution in [0.2, 0.25) is 5.72 Å². The summed E-state index contributed by atoms with van der Waals surface area (Å²) in [6, 6.07) is 8.15. The summed E-state index contributed by atoms with van der Waals surface area (Å²) < 4.78 is 31.1. The SMILES string of the molecule is COc1ccc([C@H](C)C(B2OC(C)(C)C(C)(C)O2)B2OC(C)(C)C(C)(C)O2)cc1. The van der Waals surface area contributed by atoms with Crippen LogP contribution in [0.25, 0.3) is 0 Å². The van der Waals surface area contributed by atoms with Crippen LogP contribution in [0.4, 0.5) is 0 Å². The molecule has 160 valence electrons. The smallest absolute Gasteiger partial charge is 0.459 e. The summed E-state index contributed by atoms with van der Waals surface area (Å²) in [7, 11) is 0.800. The van der Waals surface area contributed by atoms with Crippen LogP contribution in [0, 0.1) is 0 Å². The maximum Gasteiger partial charge on any atom is 0.459 e. The third-order valence-electron chi connectivity index (χ3n) is 7.39. The van der Waals surface area contributed by atoms with Crippen molar-refractivity contribution >= 4 is 14.2 Å². The van der Waals surface area contributed by atoms with Crippen LogP contribution in [0.5, 0.6) is 5.75 Å². The fourth-order valence-corrected chi connectivity index (χ4v) is 3.82. The van der Waals surface area contributed by atoms with Gasteiger partial charge in [-0.05, 0) is 79.0 Å². The number of methoxy groups -OCH3 is 1. The maximum atomic E-state index is 6.46. The van der Waals surface area contributed by atoms with Crippen molar-refractivity contribution in [2.24, 2.45) is 0 Å². The first-order valence-electron chi connectivity index (χ1n) is 10.6. The first kappa shape index (κ1) is 22.7. The molecule has 2 heterocycles. The third-order valence-corrected chi connectivity index (χ3v) is 7.39. The Kier molecular flexibility index (Phi) is 5.70. The highest BCUT2D eigenvalue weighted by Crippen LogP contribution is 2.49. The normalized spacial score (nSPS) is 25.5. The van der Waals surface area contributed by atoms with Crippen molar-refractivity contribution in [2.75, 3.05) is 7.11 Å². The molecule has 2 saturated heterocycles. The van der Waals surface area contributed by atoms with Gasteiger partial charge in [-0.15, -0.1) is 0 Å². The maximum absolute atomic E-state index is 6.46. The molecule has 0 N–H and O–H groups in total. The molecule has 0 saturated carbocycles. The fraction of sp³-hybridized carbons (Fsp3) is 0.727. The van der Waals surface area contributed by atoms with E-state index in [9.17, 15) is 0 Å². The van der Waals surface area contributed by atoms with E-state index in [1.807, 2.05) is 12.1 Å². The molecule has 7 heteroatoms. The molecule has 2 fully saturated rings. The Morgan fingerprint density at radius 3 is 1.34 bits per heavy atom. The van der Waals surface area contributed by atoms with E-state index in [-0.39, 0.29) is 11.6 Å². The summed E-state index contributed by atoms with van der Waals surface area (Å²) in [5, 5.41) is 0. The summed E-state index contributed by atoms with van der Waals surface area (Å²) >= 11 is 0. The van der Waals surface area contributed by atoms with Crippen molar-refractivity contribution in [2.45, 2.75) is 96.4 Å². The Bertz CT molecular complexity index is 661.